The van der Waals surface area contributed by atoms with Crippen molar-refractivity contribution in [2.75, 3.05) is 7.11 Å². The average Bonchev–Trinajstić information content (AvgIpc) is 3.30. The van der Waals surface area contributed by atoms with E-state index in [1.165, 1.54) is 0 Å². The van der Waals surface area contributed by atoms with Crippen LogP contribution in [-0.2, 0) is 5.41 Å². The number of hydrogen-bond acceptors (Lipinski definition) is 2. The van der Waals surface area contributed by atoms with Crippen LogP contribution in [0.3, 0.4) is 0 Å². The number of Topliss-reactive ketones (excluding diaryl/α,β-unsaturated/α-hetero) is 1. The molecular weight excluding hydrogens is 272 g/mol. The van der Waals surface area contributed by atoms with Gasteiger partial charge in [-0.3, -0.25) is 4.79 Å². The van der Waals surface area contributed by atoms with Crippen molar-refractivity contribution in [3.05, 3.63) is 64.7 Å². The van der Waals surface area contributed by atoms with Crippen molar-refractivity contribution in [3.8, 4) is 5.75 Å². The first kappa shape index (κ1) is 13.2. The van der Waals surface area contributed by atoms with Gasteiger partial charge in [0.2, 0.25) is 0 Å². The molecule has 1 aliphatic rings. The van der Waals surface area contributed by atoms with E-state index in [4.69, 9.17) is 16.3 Å². The molecule has 0 amide bonds. The van der Waals surface area contributed by atoms with E-state index in [1.807, 2.05) is 30.3 Å². The fraction of sp³-hybridized carbons (Fsp3) is 0.235. The third-order valence-electron chi connectivity index (χ3n) is 3.92. The summed E-state index contributed by atoms with van der Waals surface area (Å²) in [5.41, 5.74) is 1.41. The second kappa shape index (κ2) is 4.95. The third-order valence-corrected chi connectivity index (χ3v) is 4.24. The molecule has 1 aliphatic carbocycles. The van der Waals surface area contributed by atoms with Crippen LogP contribution in [0, 0.1) is 0 Å². The summed E-state index contributed by atoms with van der Waals surface area (Å²) in [7, 11) is 1.56. The van der Waals surface area contributed by atoms with Crippen molar-refractivity contribution in [1.29, 1.82) is 0 Å². The van der Waals surface area contributed by atoms with E-state index in [1.54, 1.807) is 25.3 Å². The summed E-state index contributed by atoms with van der Waals surface area (Å²) >= 11 is 6.01. The Bertz CT molecular complexity index is 645. The lowest BCUT2D eigenvalue weighted by atomic mass is 9.87. The van der Waals surface area contributed by atoms with Crippen LogP contribution in [0.2, 0.25) is 5.02 Å². The van der Waals surface area contributed by atoms with Gasteiger partial charge in [0.05, 0.1) is 17.5 Å². The van der Waals surface area contributed by atoms with Crippen molar-refractivity contribution in [2.24, 2.45) is 0 Å². The lowest BCUT2D eigenvalue weighted by Gasteiger charge is -2.15. The van der Waals surface area contributed by atoms with Crippen molar-refractivity contribution in [3.63, 3.8) is 0 Å². The molecule has 0 spiro atoms. The minimum atomic E-state index is -0.347. The van der Waals surface area contributed by atoms with Crippen molar-refractivity contribution < 1.29 is 9.53 Å². The van der Waals surface area contributed by atoms with Crippen LogP contribution < -0.4 is 4.74 Å². The van der Waals surface area contributed by atoms with Crippen LogP contribution in [0.1, 0.15) is 28.8 Å². The predicted octanol–water partition coefficient (Wildman–Crippen LogP) is 4.26. The number of carbonyl (C=O) groups is 1. The first-order valence-electron chi connectivity index (χ1n) is 6.61. The van der Waals surface area contributed by atoms with Crippen LogP contribution in [0.5, 0.6) is 5.75 Å². The van der Waals surface area contributed by atoms with Crippen LogP contribution in [0.4, 0.5) is 0 Å². The Morgan fingerprint density at radius 3 is 2.45 bits per heavy atom. The molecule has 1 fully saturated rings. The highest BCUT2D eigenvalue weighted by molar-refractivity contribution is 6.32. The maximum atomic E-state index is 12.8. The maximum absolute atomic E-state index is 12.8. The molecule has 0 unspecified atom stereocenters. The van der Waals surface area contributed by atoms with E-state index in [0.717, 1.165) is 18.4 Å². The third kappa shape index (κ3) is 2.10. The number of ether oxygens (including phenoxy) is 1. The van der Waals surface area contributed by atoms with Gasteiger partial charge in [-0.2, -0.15) is 0 Å². The van der Waals surface area contributed by atoms with E-state index >= 15 is 0 Å². The molecule has 0 radical (unpaired) electrons. The summed E-state index contributed by atoms with van der Waals surface area (Å²) in [5, 5.41) is 0.522. The zero-order valence-electron chi connectivity index (χ0n) is 11.2. The Morgan fingerprint density at radius 1 is 1.15 bits per heavy atom. The molecule has 0 aromatic heterocycles. The molecule has 2 aromatic carbocycles. The molecule has 1 saturated carbocycles. The van der Waals surface area contributed by atoms with Gasteiger partial charge in [0, 0.05) is 5.56 Å². The van der Waals surface area contributed by atoms with Crippen LogP contribution in [0.25, 0.3) is 0 Å². The van der Waals surface area contributed by atoms with Gasteiger partial charge >= 0.3 is 0 Å². The zero-order chi connectivity index (χ0) is 14.2. The highest BCUT2D eigenvalue weighted by Gasteiger charge is 2.51. The van der Waals surface area contributed by atoms with Crippen molar-refractivity contribution in [1.82, 2.24) is 0 Å². The van der Waals surface area contributed by atoms with Gasteiger partial charge in [-0.1, -0.05) is 41.9 Å². The number of methoxy groups -OCH3 is 1. The highest BCUT2D eigenvalue weighted by atomic mass is 35.5. The molecule has 102 valence electrons. The summed E-state index contributed by atoms with van der Waals surface area (Å²) < 4.78 is 5.19. The molecule has 0 atom stereocenters. The SMILES string of the molecule is COc1cc(C(=O)C2(c3ccccc3)CC2)ccc1Cl. The number of hydrogen-bond donors (Lipinski definition) is 0. The van der Waals surface area contributed by atoms with Crippen molar-refractivity contribution >= 4 is 17.4 Å². The fourth-order valence-electron chi connectivity index (χ4n) is 2.61. The second-order valence-electron chi connectivity index (χ2n) is 5.13. The largest absolute Gasteiger partial charge is 0.495 e. The smallest absolute Gasteiger partial charge is 0.173 e. The summed E-state index contributed by atoms with van der Waals surface area (Å²) in [6.45, 7) is 0. The van der Waals surface area contributed by atoms with Crippen LogP contribution in [-0.4, -0.2) is 12.9 Å². The number of halogens is 1. The summed E-state index contributed by atoms with van der Waals surface area (Å²) in [4.78, 5) is 12.8. The molecule has 0 N–H and O–H groups in total. The summed E-state index contributed by atoms with van der Waals surface area (Å²) in [5.74, 6) is 0.694. The predicted molar refractivity (Wildman–Crippen MR) is 79.7 cm³/mol. The van der Waals surface area contributed by atoms with Gasteiger partial charge in [0.15, 0.2) is 5.78 Å². The molecule has 0 bridgehead atoms. The second-order valence-corrected chi connectivity index (χ2v) is 5.53. The first-order valence-corrected chi connectivity index (χ1v) is 6.99. The Hall–Kier alpha value is -1.80. The first-order chi connectivity index (χ1) is 9.67. The molecule has 2 nitrogen and oxygen atoms in total. The van der Waals surface area contributed by atoms with E-state index in [-0.39, 0.29) is 11.2 Å². The summed E-state index contributed by atoms with van der Waals surface area (Å²) in [6.07, 6.45) is 1.81. The highest BCUT2D eigenvalue weighted by Crippen LogP contribution is 2.50. The molecule has 2 aromatic rings. The van der Waals surface area contributed by atoms with E-state index in [9.17, 15) is 4.79 Å². The number of rotatable bonds is 4. The topological polar surface area (TPSA) is 26.3 Å². The lowest BCUT2D eigenvalue weighted by molar-refractivity contribution is 0.0945. The van der Waals surface area contributed by atoms with Gasteiger partial charge in [-0.15, -0.1) is 0 Å². The van der Waals surface area contributed by atoms with Gasteiger partial charge in [0.1, 0.15) is 5.75 Å². The standard InChI is InChI=1S/C17H15ClO2/c1-20-15-11-12(7-8-14(15)18)16(19)17(9-10-17)13-5-3-2-4-6-13/h2-8,11H,9-10H2,1H3. The average molecular weight is 287 g/mol. The normalized spacial score (nSPS) is 15.7. The molecule has 3 heteroatoms. The molecule has 20 heavy (non-hydrogen) atoms. The molecular formula is C17H15ClO2. The fourth-order valence-corrected chi connectivity index (χ4v) is 2.80. The number of benzene rings is 2. The quantitative estimate of drug-likeness (QED) is 0.785. The summed E-state index contributed by atoms with van der Waals surface area (Å²) in [6, 6.07) is 15.2. The van der Waals surface area contributed by atoms with Crippen LogP contribution >= 0.6 is 11.6 Å². The monoisotopic (exact) mass is 286 g/mol. The van der Waals surface area contributed by atoms with Crippen LogP contribution in [0.15, 0.2) is 48.5 Å². The number of carbonyl (C=O) groups excluding carboxylic acids is 1. The van der Waals surface area contributed by atoms with E-state index < -0.39 is 0 Å². The molecule has 3 rings (SSSR count). The van der Waals surface area contributed by atoms with Gasteiger partial charge < -0.3 is 4.74 Å². The Morgan fingerprint density at radius 2 is 1.85 bits per heavy atom. The minimum Gasteiger partial charge on any atom is -0.495 e. The van der Waals surface area contributed by atoms with E-state index in [0.29, 0.717) is 16.3 Å². The van der Waals surface area contributed by atoms with Gasteiger partial charge in [-0.25, -0.2) is 0 Å². The van der Waals surface area contributed by atoms with Gasteiger partial charge in [-0.05, 0) is 36.6 Å². The van der Waals surface area contributed by atoms with Gasteiger partial charge in [0.25, 0.3) is 0 Å². The Balaban J connectivity index is 1.97. The molecule has 0 aliphatic heterocycles. The Kier molecular flexibility index (Phi) is 3.27. The number of ketones is 1. The minimum absolute atomic E-state index is 0.152. The molecule has 0 saturated heterocycles. The zero-order valence-corrected chi connectivity index (χ0v) is 12.0. The lowest BCUT2D eigenvalue weighted by Crippen LogP contribution is -2.20. The van der Waals surface area contributed by atoms with E-state index in [2.05, 4.69) is 0 Å². The molecule has 0 heterocycles. The van der Waals surface area contributed by atoms with Crippen molar-refractivity contribution in [2.45, 2.75) is 18.3 Å². The maximum Gasteiger partial charge on any atom is 0.173 e. The Labute approximate surface area is 123 Å².